The molecule has 1 aromatic heterocycles. The van der Waals surface area contributed by atoms with Crippen molar-refractivity contribution in [2.24, 2.45) is 0 Å². The normalized spacial score (nSPS) is 11.8. The number of hydrogen-bond acceptors (Lipinski definition) is 3. The van der Waals surface area contributed by atoms with E-state index in [1.54, 1.807) is 24.3 Å². The maximum absolute atomic E-state index is 12.5. The molecular weight excluding hydrogens is 283 g/mol. The predicted octanol–water partition coefficient (Wildman–Crippen LogP) is 3.87. The Morgan fingerprint density at radius 2 is 1.62 bits per heavy atom. The van der Waals surface area contributed by atoms with E-state index in [4.69, 9.17) is 4.42 Å². The molecule has 0 fully saturated rings. The van der Waals surface area contributed by atoms with E-state index < -0.39 is 17.4 Å². The first kappa shape index (κ1) is 13.4. The van der Waals surface area contributed by atoms with Gasteiger partial charge in [-0.15, -0.1) is 0 Å². The molecule has 0 bridgehead atoms. The monoisotopic (exact) mass is 291 g/mol. The Morgan fingerprint density at radius 1 is 0.952 bits per heavy atom. The summed E-state index contributed by atoms with van der Waals surface area (Å²) in [5.41, 5.74) is -0.598. The van der Waals surface area contributed by atoms with Gasteiger partial charge in [-0.05, 0) is 36.4 Å². The lowest BCUT2D eigenvalue weighted by Crippen LogP contribution is -2.05. The van der Waals surface area contributed by atoms with Gasteiger partial charge in [0.05, 0.1) is 16.5 Å². The maximum atomic E-state index is 12.5. The van der Waals surface area contributed by atoms with Crippen LogP contribution in [0.25, 0.3) is 22.4 Å². The standard InChI is InChI=1S/C15H8F3NO2/c16-15(17,18)10-7-5-9(6-8-10)13-19-12-4-2-1-3-11(12)14(20)21-13/h1-8H. The predicted molar refractivity (Wildman–Crippen MR) is 70.7 cm³/mol. The first-order valence-electron chi connectivity index (χ1n) is 6.03. The highest BCUT2D eigenvalue weighted by Crippen LogP contribution is 2.30. The van der Waals surface area contributed by atoms with Crippen molar-refractivity contribution in [2.45, 2.75) is 6.18 Å². The average molecular weight is 291 g/mol. The quantitative estimate of drug-likeness (QED) is 0.683. The zero-order valence-electron chi connectivity index (χ0n) is 10.5. The molecule has 106 valence electrons. The Hall–Kier alpha value is -2.63. The van der Waals surface area contributed by atoms with E-state index in [0.29, 0.717) is 16.5 Å². The minimum absolute atomic E-state index is 0.00701. The highest BCUT2D eigenvalue weighted by atomic mass is 19.4. The fraction of sp³-hybridized carbons (Fsp3) is 0.0667. The van der Waals surface area contributed by atoms with Crippen LogP contribution in [-0.4, -0.2) is 4.98 Å². The van der Waals surface area contributed by atoms with Gasteiger partial charge in [0, 0.05) is 5.56 Å². The summed E-state index contributed by atoms with van der Waals surface area (Å²) in [6.45, 7) is 0. The van der Waals surface area contributed by atoms with Crippen molar-refractivity contribution in [1.82, 2.24) is 4.98 Å². The largest absolute Gasteiger partial charge is 0.416 e. The van der Waals surface area contributed by atoms with E-state index >= 15 is 0 Å². The first-order chi connectivity index (χ1) is 9.95. The van der Waals surface area contributed by atoms with Crippen molar-refractivity contribution < 1.29 is 17.6 Å². The van der Waals surface area contributed by atoms with Crippen LogP contribution in [0.15, 0.2) is 57.7 Å². The molecule has 0 aliphatic carbocycles. The van der Waals surface area contributed by atoms with Crippen LogP contribution in [0.2, 0.25) is 0 Å². The van der Waals surface area contributed by atoms with Gasteiger partial charge >= 0.3 is 11.8 Å². The van der Waals surface area contributed by atoms with Gasteiger partial charge in [0.1, 0.15) is 0 Å². The second-order valence-electron chi connectivity index (χ2n) is 4.40. The number of aromatic nitrogens is 1. The highest BCUT2D eigenvalue weighted by molar-refractivity contribution is 5.78. The number of hydrogen-bond donors (Lipinski definition) is 0. The molecule has 0 spiro atoms. The summed E-state index contributed by atoms with van der Waals surface area (Å²) >= 11 is 0. The van der Waals surface area contributed by atoms with Crippen LogP contribution in [0.5, 0.6) is 0 Å². The molecule has 3 rings (SSSR count). The van der Waals surface area contributed by atoms with Gasteiger partial charge in [-0.25, -0.2) is 9.78 Å². The zero-order chi connectivity index (χ0) is 15.0. The second-order valence-corrected chi connectivity index (χ2v) is 4.40. The van der Waals surface area contributed by atoms with Crippen molar-refractivity contribution in [2.75, 3.05) is 0 Å². The summed E-state index contributed by atoms with van der Waals surface area (Å²) in [6.07, 6.45) is -4.41. The summed E-state index contributed by atoms with van der Waals surface area (Å²) in [6, 6.07) is 10.9. The van der Waals surface area contributed by atoms with Crippen LogP contribution in [0.3, 0.4) is 0 Å². The van der Waals surface area contributed by atoms with E-state index in [1.165, 1.54) is 12.1 Å². The zero-order valence-corrected chi connectivity index (χ0v) is 10.5. The van der Waals surface area contributed by atoms with E-state index in [1.807, 2.05) is 0 Å². The van der Waals surface area contributed by atoms with Gasteiger partial charge in [0.15, 0.2) is 0 Å². The van der Waals surface area contributed by atoms with E-state index in [0.717, 1.165) is 12.1 Å². The molecule has 0 saturated carbocycles. The molecule has 0 aliphatic heterocycles. The lowest BCUT2D eigenvalue weighted by atomic mass is 10.1. The number of nitrogens with zero attached hydrogens (tertiary/aromatic N) is 1. The van der Waals surface area contributed by atoms with Gasteiger partial charge in [0.25, 0.3) is 0 Å². The molecule has 1 heterocycles. The third-order valence-corrected chi connectivity index (χ3v) is 2.99. The Bertz CT molecular complexity index is 851. The molecule has 0 aliphatic rings. The average Bonchev–Trinajstić information content (AvgIpc) is 2.46. The molecule has 6 heteroatoms. The molecule has 0 atom stereocenters. The SMILES string of the molecule is O=c1oc(-c2ccc(C(F)(F)F)cc2)nc2ccccc12. The van der Waals surface area contributed by atoms with Crippen molar-refractivity contribution in [1.29, 1.82) is 0 Å². The van der Waals surface area contributed by atoms with Crippen LogP contribution >= 0.6 is 0 Å². The van der Waals surface area contributed by atoms with Crippen LogP contribution in [0, 0.1) is 0 Å². The second kappa shape index (κ2) is 4.73. The number of halogens is 3. The van der Waals surface area contributed by atoms with Crippen molar-refractivity contribution in [3.63, 3.8) is 0 Å². The minimum atomic E-state index is -4.41. The van der Waals surface area contributed by atoms with Gasteiger partial charge in [0.2, 0.25) is 5.89 Å². The minimum Gasteiger partial charge on any atom is -0.403 e. The van der Waals surface area contributed by atoms with E-state index in [9.17, 15) is 18.0 Å². The molecule has 0 amide bonds. The maximum Gasteiger partial charge on any atom is 0.416 e. The molecule has 21 heavy (non-hydrogen) atoms. The lowest BCUT2D eigenvalue weighted by Gasteiger charge is -2.07. The summed E-state index contributed by atoms with van der Waals surface area (Å²) < 4.78 is 42.6. The lowest BCUT2D eigenvalue weighted by molar-refractivity contribution is -0.137. The third kappa shape index (κ3) is 2.52. The van der Waals surface area contributed by atoms with Crippen LogP contribution in [-0.2, 0) is 6.18 Å². The van der Waals surface area contributed by atoms with Gasteiger partial charge in [-0.2, -0.15) is 13.2 Å². The highest BCUT2D eigenvalue weighted by Gasteiger charge is 2.30. The number of benzene rings is 2. The molecule has 2 aromatic carbocycles. The fourth-order valence-corrected chi connectivity index (χ4v) is 1.94. The Labute approximate surface area is 116 Å². The number of para-hydroxylation sites is 1. The van der Waals surface area contributed by atoms with Gasteiger partial charge < -0.3 is 4.42 Å². The number of alkyl halides is 3. The van der Waals surface area contributed by atoms with Crippen LogP contribution in [0.1, 0.15) is 5.56 Å². The van der Waals surface area contributed by atoms with Crippen LogP contribution in [0.4, 0.5) is 13.2 Å². The van der Waals surface area contributed by atoms with Crippen molar-refractivity contribution in [3.05, 3.63) is 64.5 Å². The molecular formula is C15H8F3NO2. The van der Waals surface area contributed by atoms with Gasteiger partial charge in [-0.3, -0.25) is 0 Å². The number of rotatable bonds is 1. The molecule has 3 nitrogen and oxygen atoms in total. The molecule has 0 unspecified atom stereocenters. The van der Waals surface area contributed by atoms with E-state index in [-0.39, 0.29) is 5.89 Å². The number of fused-ring (bicyclic) bond motifs is 1. The molecule has 0 radical (unpaired) electrons. The topological polar surface area (TPSA) is 43.1 Å². The molecule has 3 aromatic rings. The molecule has 0 saturated heterocycles. The molecule has 0 N–H and O–H groups in total. The van der Waals surface area contributed by atoms with Crippen molar-refractivity contribution in [3.8, 4) is 11.5 Å². The fourth-order valence-electron chi connectivity index (χ4n) is 1.94. The first-order valence-corrected chi connectivity index (χ1v) is 6.03. The third-order valence-electron chi connectivity index (χ3n) is 2.99. The summed E-state index contributed by atoms with van der Waals surface area (Å²) in [4.78, 5) is 16.0. The Balaban J connectivity index is 2.10. The van der Waals surface area contributed by atoms with Gasteiger partial charge in [-0.1, -0.05) is 12.1 Å². The smallest absolute Gasteiger partial charge is 0.403 e. The van der Waals surface area contributed by atoms with Crippen LogP contribution < -0.4 is 5.63 Å². The van der Waals surface area contributed by atoms with E-state index in [2.05, 4.69) is 4.98 Å². The van der Waals surface area contributed by atoms with Crippen molar-refractivity contribution >= 4 is 10.9 Å². The Kier molecular flexibility index (Phi) is 3.01. The summed E-state index contributed by atoms with van der Waals surface area (Å²) in [5, 5.41) is 0.327. The Morgan fingerprint density at radius 3 is 2.29 bits per heavy atom. The summed E-state index contributed by atoms with van der Waals surface area (Å²) in [7, 11) is 0. The summed E-state index contributed by atoms with van der Waals surface area (Å²) in [5.74, 6) is -0.00701.